The van der Waals surface area contributed by atoms with Crippen LogP contribution in [-0.4, -0.2) is 33.0 Å². The van der Waals surface area contributed by atoms with Crippen LogP contribution in [0.4, 0.5) is 5.69 Å². The normalized spacial score (nSPS) is 15.8. The fraction of sp³-hybridized carbons (Fsp3) is 0.471. The molecule has 3 N–H and O–H groups in total. The topological polar surface area (TPSA) is 88.3 Å². The second-order valence-corrected chi connectivity index (χ2v) is 8.11. The Hall–Kier alpha value is -1.70. The third-order valence-corrected chi connectivity index (χ3v) is 5.29. The van der Waals surface area contributed by atoms with Gasteiger partial charge < -0.3 is 4.90 Å². The Labute approximate surface area is 143 Å². The summed E-state index contributed by atoms with van der Waals surface area (Å²) in [6, 6.07) is 6.49. The van der Waals surface area contributed by atoms with Gasteiger partial charge in [0.2, 0.25) is 0 Å². The predicted molar refractivity (Wildman–Crippen MR) is 97.4 cm³/mol. The molecule has 1 fully saturated rings. The quantitative estimate of drug-likeness (QED) is 0.862. The zero-order valence-corrected chi connectivity index (χ0v) is 15.2. The van der Waals surface area contributed by atoms with E-state index in [0.29, 0.717) is 12.5 Å². The largest absolute Gasteiger partial charge is 0.370 e. The zero-order chi connectivity index (χ0) is 17.5. The van der Waals surface area contributed by atoms with Crippen LogP contribution in [0, 0.1) is 26.7 Å². The maximum atomic E-state index is 10.9. The summed E-state index contributed by atoms with van der Waals surface area (Å²) in [5.41, 5.74) is 5.79. The SMILES string of the molecule is Cc1cc(N2CC(CCNS(N)(=O)=O)C2)c2cc(C)c(C)cc2n1. The molecule has 1 aliphatic heterocycles. The van der Waals surface area contributed by atoms with E-state index in [4.69, 9.17) is 5.14 Å². The molecule has 6 nitrogen and oxygen atoms in total. The Morgan fingerprint density at radius 3 is 2.54 bits per heavy atom. The van der Waals surface area contributed by atoms with Crippen LogP contribution in [0.1, 0.15) is 23.2 Å². The summed E-state index contributed by atoms with van der Waals surface area (Å²) in [5, 5.41) is 6.13. The third-order valence-electron chi connectivity index (χ3n) is 4.68. The van der Waals surface area contributed by atoms with Gasteiger partial charge in [0.15, 0.2) is 0 Å². The molecule has 0 aliphatic carbocycles. The number of rotatable bonds is 5. The maximum Gasteiger partial charge on any atom is 0.274 e. The van der Waals surface area contributed by atoms with E-state index in [9.17, 15) is 8.42 Å². The van der Waals surface area contributed by atoms with Crippen molar-refractivity contribution >= 4 is 26.8 Å². The van der Waals surface area contributed by atoms with Crippen LogP contribution in [0.25, 0.3) is 10.9 Å². The van der Waals surface area contributed by atoms with Crippen molar-refractivity contribution in [2.24, 2.45) is 11.1 Å². The summed E-state index contributed by atoms with van der Waals surface area (Å²) < 4.78 is 24.1. The average molecular weight is 348 g/mol. The van der Waals surface area contributed by atoms with Gasteiger partial charge in [0, 0.05) is 36.4 Å². The Balaban J connectivity index is 1.74. The lowest BCUT2D eigenvalue weighted by atomic mass is 9.94. The van der Waals surface area contributed by atoms with Crippen LogP contribution in [-0.2, 0) is 10.2 Å². The van der Waals surface area contributed by atoms with Gasteiger partial charge in [-0.15, -0.1) is 0 Å². The molecular weight excluding hydrogens is 324 g/mol. The van der Waals surface area contributed by atoms with Gasteiger partial charge in [-0.1, -0.05) is 0 Å². The Morgan fingerprint density at radius 2 is 1.88 bits per heavy atom. The number of aryl methyl sites for hydroxylation is 3. The molecule has 0 radical (unpaired) electrons. The molecule has 0 amide bonds. The van der Waals surface area contributed by atoms with Crippen molar-refractivity contribution in [1.29, 1.82) is 0 Å². The Kier molecular flexibility index (Phi) is 4.50. The first-order valence-corrected chi connectivity index (χ1v) is 9.68. The number of aromatic nitrogens is 1. The monoisotopic (exact) mass is 348 g/mol. The van der Waals surface area contributed by atoms with E-state index >= 15 is 0 Å². The van der Waals surface area contributed by atoms with Crippen LogP contribution in [0.5, 0.6) is 0 Å². The molecule has 0 spiro atoms. The lowest BCUT2D eigenvalue weighted by molar-refractivity contribution is 0.385. The van der Waals surface area contributed by atoms with Crippen molar-refractivity contribution in [2.45, 2.75) is 27.2 Å². The van der Waals surface area contributed by atoms with Crippen molar-refractivity contribution in [3.8, 4) is 0 Å². The summed E-state index contributed by atoms with van der Waals surface area (Å²) >= 11 is 0. The van der Waals surface area contributed by atoms with E-state index in [2.05, 4.69) is 46.7 Å². The molecule has 1 saturated heterocycles. The fourth-order valence-electron chi connectivity index (χ4n) is 3.21. The number of fused-ring (bicyclic) bond motifs is 1. The Bertz CT molecular complexity index is 874. The van der Waals surface area contributed by atoms with Gasteiger partial charge in [0.25, 0.3) is 10.2 Å². The van der Waals surface area contributed by atoms with Gasteiger partial charge in [-0.05, 0) is 62.4 Å². The van der Waals surface area contributed by atoms with Gasteiger partial charge in [-0.25, -0.2) is 9.86 Å². The van der Waals surface area contributed by atoms with Crippen molar-refractivity contribution < 1.29 is 8.42 Å². The Morgan fingerprint density at radius 1 is 1.21 bits per heavy atom. The molecule has 0 bridgehead atoms. The smallest absolute Gasteiger partial charge is 0.274 e. The molecule has 0 unspecified atom stereocenters. The first-order chi connectivity index (χ1) is 11.2. The number of anilines is 1. The van der Waals surface area contributed by atoms with Crippen LogP contribution in [0.15, 0.2) is 18.2 Å². The minimum absolute atomic E-state index is 0.395. The molecule has 3 rings (SSSR count). The van der Waals surface area contributed by atoms with Gasteiger partial charge in [0.1, 0.15) is 0 Å². The molecule has 0 saturated carbocycles. The van der Waals surface area contributed by atoms with Gasteiger partial charge >= 0.3 is 0 Å². The summed E-state index contributed by atoms with van der Waals surface area (Å²) in [6.45, 7) is 8.50. The minimum Gasteiger partial charge on any atom is -0.370 e. The fourth-order valence-corrected chi connectivity index (χ4v) is 3.61. The molecule has 2 heterocycles. The van der Waals surface area contributed by atoms with Gasteiger partial charge in [-0.3, -0.25) is 4.98 Å². The second-order valence-electron chi connectivity index (χ2n) is 6.74. The van der Waals surface area contributed by atoms with Gasteiger partial charge in [0.05, 0.1) is 5.52 Å². The molecule has 1 aliphatic rings. The lowest BCUT2D eigenvalue weighted by Crippen LogP contribution is -2.48. The maximum absolute atomic E-state index is 10.9. The number of benzene rings is 1. The number of nitrogens with one attached hydrogen (secondary N) is 1. The number of hydrogen-bond acceptors (Lipinski definition) is 4. The molecule has 24 heavy (non-hydrogen) atoms. The highest BCUT2D eigenvalue weighted by molar-refractivity contribution is 7.87. The minimum atomic E-state index is -3.58. The van der Waals surface area contributed by atoms with Gasteiger partial charge in [-0.2, -0.15) is 8.42 Å². The van der Waals surface area contributed by atoms with E-state index < -0.39 is 10.2 Å². The number of nitrogens with zero attached hydrogens (tertiary/aromatic N) is 2. The zero-order valence-electron chi connectivity index (χ0n) is 14.3. The molecule has 1 aromatic heterocycles. The predicted octanol–water partition coefficient (Wildman–Crippen LogP) is 1.78. The van der Waals surface area contributed by atoms with Crippen molar-refractivity contribution in [3.05, 3.63) is 35.0 Å². The first kappa shape index (κ1) is 17.1. The van der Waals surface area contributed by atoms with Crippen LogP contribution < -0.4 is 14.8 Å². The summed E-state index contributed by atoms with van der Waals surface area (Å²) in [7, 11) is -3.58. The molecule has 2 aromatic rings. The lowest BCUT2D eigenvalue weighted by Gasteiger charge is -2.42. The highest BCUT2D eigenvalue weighted by Gasteiger charge is 2.28. The van der Waals surface area contributed by atoms with Crippen LogP contribution >= 0.6 is 0 Å². The molecule has 1 aromatic carbocycles. The number of hydrogen-bond donors (Lipinski definition) is 2. The van der Waals surface area contributed by atoms with E-state index in [1.807, 2.05) is 6.92 Å². The summed E-state index contributed by atoms with van der Waals surface area (Å²) in [5.74, 6) is 0.481. The van der Waals surface area contributed by atoms with Crippen LogP contribution in [0.2, 0.25) is 0 Å². The van der Waals surface area contributed by atoms with Crippen molar-refractivity contribution in [1.82, 2.24) is 9.71 Å². The molecular formula is C17H24N4O2S. The van der Waals surface area contributed by atoms with E-state index in [0.717, 1.165) is 30.7 Å². The number of nitrogens with two attached hydrogens (primary N) is 1. The average Bonchev–Trinajstić information content (AvgIpc) is 2.41. The van der Waals surface area contributed by atoms with Crippen molar-refractivity contribution in [2.75, 3.05) is 24.5 Å². The standard InChI is InChI=1S/C17H24N4O2S/c1-11-6-15-16(7-12(11)2)20-13(3)8-17(15)21-9-14(10-21)4-5-19-24(18,22)23/h6-8,14,19H,4-5,9-10H2,1-3H3,(H2,18,22,23). The number of pyridine rings is 1. The summed E-state index contributed by atoms with van der Waals surface area (Å²) in [4.78, 5) is 7.00. The highest BCUT2D eigenvalue weighted by Crippen LogP contribution is 2.34. The molecule has 7 heteroatoms. The highest BCUT2D eigenvalue weighted by atomic mass is 32.2. The van der Waals surface area contributed by atoms with E-state index in [1.54, 1.807) is 0 Å². The second kappa shape index (κ2) is 6.31. The summed E-state index contributed by atoms with van der Waals surface area (Å²) in [6.07, 6.45) is 0.799. The van der Waals surface area contributed by atoms with E-state index in [1.165, 1.54) is 22.2 Å². The first-order valence-electron chi connectivity index (χ1n) is 8.14. The van der Waals surface area contributed by atoms with E-state index in [-0.39, 0.29) is 0 Å². The molecule has 0 atom stereocenters. The molecule has 130 valence electrons. The van der Waals surface area contributed by atoms with Crippen LogP contribution in [0.3, 0.4) is 0 Å². The van der Waals surface area contributed by atoms with Crippen molar-refractivity contribution in [3.63, 3.8) is 0 Å². The third kappa shape index (κ3) is 3.68.